The van der Waals surface area contributed by atoms with Gasteiger partial charge >= 0.3 is 6.09 Å². The van der Waals surface area contributed by atoms with Gasteiger partial charge in [-0.3, -0.25) is 0 Å². The molecule has 0 aromatic carbocycles. The largest absolute Gasteiger partial charge is 0.443 e. The van der Waals surface area contributed by atoms with Crippen LogP contribution in [0.2, 0.25) is 5.15 Å². The SMILES string of the molecule is CC(C)(C)OC(=O)n1cccc1Cl. The summed E-state index contributed by atoms with van der Waals surface area (Å²) in [4.78, 5) is 11.4. The maximum absolute atomic E-state index is 11.4. The van der Waals surface area contributed by atoms with Gasteiger partial charge in [0.2, 0.25) is 0 Å². The Labute approximate surface area is 82.3 Å². The first-order valence-electron chi connectivity index (χ1n) is 3.96. The molecule has 13 heavy (non-hydrogen) atoms. The molecule has 0 aliphatic heterocycles. The van der Waals surface area contributed by atoms with Crippen LogP contribution in [0.3, 0.4) is 0 Å². The van der Waals surface area contributed by atoms with Gasteiger partial charge in [0.25, 0.3) is 0 Å². The molecule has 0 N–H and O–H groups in total. The fourth-order valence-corrected chi connectivity index (χ4v) is 1.02. The molecule has 1 aromatic rings. The molecule has 0 saturated carbocycles. The van der Waals surface area contributed by atoms with Crippen molar-refractivity contribution in [2.75, 3.05) is 0 Å². The third-order valence-electron chi connectivity index (χ3n) is 1.29. The molecule has 0 bridgehead atoms. The molecule has 0 spiro atoms. The van der Waals surface area contributed by atoms with Gasteiger partial charge in [-0.25, -0.2) is 9.36 Å². The molecule has 1 aromatic heterocycles. The Hall–Kier alpha value is -0.960. The number of carbonyl (C=O) groups is 1. The average molecular weight is 202 g/mol. The highest BCUT2D eigenvalue weighted by atomic mass is 35.5. The monoisotopic (exact) mass is 201 g/mol. The van der Waals surface area contributed by atoms with E-state index < -0.39 is 11.7 Å². The zero-order valence-electron chi connectivity index (χ0n) is 7.87. The van der Waals surface area contributed by atoms with Gasteiger partial charge in [0.05, 0.1) is 0 Å². The molecule has 0 radical (unpaired) electrons. The second-order valence-electron chi connectivity index (χ2n) is 3.68. The highest BCUT2D eigenvalue weighted by Gasteiger charge is 2.18. The minimum Gasteiger partial charge on any atom is -0.443 e. The summed E-state index contributed by atoms with van der Waals surface area (Å²) in [6, 6.07) is 3.32. The molecule has 1 rings (SSSR count). The lowest BCUT2D eigenvalue weighted by atomic mass is 10.2. The maximum Gasteiger partial charge on any atom is 0.419 e. The van der Waals surface area contributed by atoms with E-state index in [9.17, 15) is 4.79 Å². The summed E-state index contributed by atoms with van der Waals surface area (Å²) in [5, 5.41) is 0.356. The van der Waals surface area contributed by atoms with Crippen molar-refractivity contribution in [3.63, 3.8) is 0 Å². The van der Waals surface area contributed by atoms with Crippen LogP contribution >= 0.6 is 11.6 Å². The molecule has 72 valence electrons. The highest BCUT2D eigenvalue weighted by molar-refractivity contribution is 6.30. The topological polar surface area (TPSA) is 31.2 Å². The number of hydrogen-bond acceptors (Lipinski definition) is 2. The Kier molecular flexibility index (Phi) is 2.66. The number of hydrogen-bond donors (Lipinski definition) is 0. The fourth-order valence-electron chi connectivity index (χ4n) is 0.819. The fraction of sp³-hybridized carbons (Fsp3) is 0.444. The van der Waals surface area contributed by atoms with Crippen molar-refractivity contribution in [1.29, 1.82) is 0 Å². The van der Waals surface area contributed by atoms with Crippen molar-refractivity contribution in [3.05, 3.63) is 23.5 Å². The first-order chi connectivity index (χ1) is 5.90. The van der Waals surface area contributed by atoms with Crippen molar-refractivity contribution in [2.24, 2.45) is 0 Å². The van der Waals surface area contributed by atoms with Gasteiger partial charge in [0.15, 0.2) is 0 Å². The van der Waals surface area contributed by atoms with Gasteiger partial charge in [0.1, 0.15) is 10.8 Å². The van der Waals surface area contributed by atoms with Crippen LogP contribution < -0.4 is 0 Å². The predicted molar refractivity (Wildman–Crippen MR) is 51.1 cm³/mol. The minimum absolute atomic E-state index is 0.356. The minimum atomic E-state index is -0.495. The number of nitrogens with zero attached hydrogens (tertiary/aromatic N) is 1. The highest BCUT2D eigenvalue weighted by Crippen LogP contribution is 2.13. The average Bonchev–Trinajstić information content (AvgIpc) is 2.30. The molecule has 0 saturated heterocycles. The number of rotatable bonds is 0. The van der Waals surface area contributed by atoms with Gasteiger partial charge in [-0.2, -0.15) is 0 Å². The van der Waals surface area contributed by atoms with Crippen LogP contribution in [0.15, 0.2) is 18.3 Å². The van der Waals surface area contributed by atoms with E-state index >= 15 is 0 Å². The first kappa shape index (κ1) is 10.1. The summed E-state index contributed by atoms with van der Waals surface area (Å²) < 4.78 is 6.36. The molecule has 0 unspecified atom stereocenters. The summed E-state index contributed by atoms with van der Waals surface area (Å²) in [5.74, 6) is 0. The van der Waals surface area contributed by atoms with Gasteiger partial charge in [-0.15, -0.1) is 0 Å². The van der Waals surface area contributed by atoms with Crippen LogP contribution in [-0.2, 0) is 4.74 Å². The van der Waals surface area contributed by atoms with E-state index in [2.05, 4.69) is 0 Å². The van der Waals surface area contributed by atoms with Crippen molar-refractivity contribution >= 4 is 17.7 Å². The van der Waals surface area contributed by atoms with Crippen molar-refractivity contribution in [3.8, 4) is 0 Å². The molecule has 4 heteroatoms. The number of carbonyl (C=O) groups excluding carboxylic acids is 1. The van der Waals surface area contributed by atoms with Crippen LogP contribution in [0.5, 0.6) is 0 Å². The van der Waals surface area contributed by atoms with Crippen molar-refractivity contribution in [2.45, 2.75) is 26.4 Å². The number of ether oxygens (including phenoxy) is 1. The molecule has 1 heterocycles. The second kappa shape index (κ2) is 3.42. The molecule has 3 nitrogen and oxygen atoms in total. The van der Waals surface area contributed by atoms with E-state index in [1.807, 2.05) is 20.8 Å². The van der Waals surface area contributed by atoms with Crippen LogP contribution in [0, 0.1) is 0 Å². The van der Waals surface area contributed by atoms with Gasteiger partial charge in [-0.05, 0) is 32.9 Å². The van der Waals surface area contributed by atoms with E-state index in [0.29, 0.717) is 5.15 Å². The quantitative estimate of drug-likeness (QED) is 0.646. The molecule has 0 amide bonds. The molecule has 0 aliphatic rings. The van der Waals surface area contributed by atoms with Gasteiger partial charge in [0, 0.05) is 6.20 Å². The summed E-state index contributed by atoms with van der Waals surface area (Å²) in [6.07, 6.45) is 1.11. The number of halogens is 1. The van der Waals surface area contributed by atoms with Gasteiger partial charge in [-0.1, -0.05) is 11.6 Å². The first-order valence-corrected chi connectivity index (χ1v) is 4.34. The summed E-state index contributed by atoms with van der Waals surface area (Å²) in [7, 11) is 0. The third-order valence-corrected chi connectivity index (χ3v) is 1.60. The van der Waals surface area contributed by atoms with Crippen LogP contribution in [0.4, 0.5) is 4.79 Å². The van der Waals surface area contributed by atoms with Crippen molar-refractivity contribution in [1.82, 2.24) is 4.57 Å². The zero-order chi connectivity index (χ0) is 10.1. The summed E-state index contributed by atoms with van der Waals surface area (Å²) in [5.41, 5.74) is -0.495. The Bertz CT molecular complexity index is 312. The lowest BCUT2D eigenvalue weighted by molar-refractivity contribution is 0.0538. The second-order valence-corrected chi connectivity index (χ2v) is 4.07. The standard InChI is InChI=1S/C9H12ClNO2/c1-9(2,3)13-8(12)11-6-4-5-7(11)10/h4-6H,1-3H3. The third kappa shape index (κ3) is 2.77. The Morgan fingerprint density at radius 2 is 2.15 bits per heavy atom. The smallest absolute Gasteiger partial charge is 0.419 e. The van der Waals surface area contributed by atoms with E-state index in [0.717, 1.165) is 0 Å². The number of aromatic nitrogens is 1. The molecule has 0 fully saturated rings. The Morgan fingerprint density at radius 1 is 1.54 bits per heavy atom. The summed E-state index contributed by atoms with van der Waals surface area (Å²) >= 11 is 5.73. The van der Waals surface area contributed by atoms with Crippen LogP contribution in [0.25, 0.3) is 0 Å². The van der Waals surface area contributed by atoms with E-state index in [1.54, 1.807) is 18.3 Å². The van der Waals surface area contributed by atoms with Crippen molar-refractivity contribution < 1.29 is 9.53 Å². The molecule has 0 atom stereocenters. The predicted octanol–water partition coefficient (Wildman–Crippen LogP) is 2.92. The van der Waals surface area contributed by atoms with Gasteiger partial charge < -0.3 is 4.74 Å². The van der Waals surface area contributed by atoms with E-state index in [1.165, 1.54) is 4.57 Å². The zero-order valence-corrected chi connectivity index (χ0v) is 8.63. The maximum atomic E-state index is 11.4. The van der Waals surface area contributed by atoms with Crippen LogP contribution in [0.1, 0.15) is 20.8 Å². The molecular formula is C9H12ClNO2. The Morgan fingerprint density at radius 3 is 2.54 bits per heavy atom. The lowest BCUT2D eigenvalue weighted by Crippen LogP contribution is -2.26. The molecular weight excluding hydrogens is 190 g/mol. The van der Waals surface area contributed by atoms with E-state index in [-0.39, 0.29) is 0 Å². The molecule has 0 aliphatic carbocycles. The van der Waals surface area contributed by atoms with E-state index in [4.69, 9.17) is 16.3 Å². The van der Waals surface area contributed by atoms with Crippen LogP contribution in [-0.4, -0.2) is 16.3 Å². The Balaban J connectivity index is 2.76. The summed E-state index contributed by atoms with van der Waals surface area (Å²) in [6.45, 7) is 5.42. The lowest BCUT2D eigenvalue weighted by Gasteiger charge is -2.19. The normalized spacial score (nSPS) is 11.4.